The average molecular weight is 269 g/mol. The van der Waals surface area contributed by atoms with Crippen LogP contribution in [0.1, 0.15) is 25.3 Å². The van der Waals surface area contributed by atoms with Crippen LogP contribution in [0.2, 0.25) is 0 Å². The Morgan fingerprint density at radius 2 is 1.45 bits per heavy atom. The Kier molecular flexibility index (Phi) is 5.05. The SMILES string of the molecule is CCCCN(c1ccc(C)cc1)c1ccc(OC)cc1. The van der Waals surface area contributed by atoms with E-state index in [1.807, 2.05) is 12.1 Å². The minimum atomic E-state index is 0.896. The standard InChI is InChI=1S/C18H23NO/c1-4-5-14-19(16-8-6-15(2)7-9-16)17-10-12-18(20-3)13-11-17/h6-13H,4-5,14H2,1-3H3. The molecule has 0 atom stereocenters. The molecule has 0 spiro atoms. The number of hydrogen-bond acceptors (Lipinski definition) is 2. The minimum Gasteiger partial charge on any atom is -0.497 e. The van der Waals surface area contributed by atoms with Crippen LogP contribution in [-0.4, -0.2) is 13.7 Å². The van der Waals surface area contributed by atoms with Gasteiger partial charge in [0.15, 0.2) is 0 Å². The van der Waals surface area contributed by atoms with Crippen molar-refractivity contribution in [2.75, 3.05) is 18.6 Å². The van der Waals surface area contributed by atoms with Crippen molar-refractivity contribution >= 4 is 11.4 Å². The molecule has 0 unspecified atom stereocenters. The zero-order chi connectivity index (χ0) is 14.4. The molecule has 2 aromatic carbocycles. The van der Waals surface area contributed by atoms with Crippen LogP contribution in [0.5, 0.6) is 5.75 Å². The Morgan fingerprint density at radius 3 is 1.95 bits per heavy atom. The molecule has 0 bridgehead atoms. The van der Waals surface area contributed by atoms with Crippen molar-refractivity contribution < 1.29 is 4.74 Å². The summed E-state index contributed by atoms with van der Waals surface area (Å²) in [7, 11) is 1.70. The van der Waals surface area contributed by atoms with Crippen LogP contribution in [0, 0.1) is 6.92 Å². The Hall–Kier alpha value is -1.96. The van der Waals surface area contributed by atoms with E-state index >= 15 is 0 Å². The normalized spacial score (nSPS) is 10.3. The van der Waals surface area contributed by atoms with Gasteiger partial charge in [0.05, 0.1) is 7.11 Å². The fourth-order valence-corrected chi connectivity index (χ4v) is 2.21. The lowest BCUT2D eigenvalue weighted by atomic mass is 10.1. The van der Waals surface area contributed by atoms with Gasteiger partial charge in [-0.2, -0.15) is 0 Å². The maximum Gasteiger partial charge on any atom is 0.119 e. The number of unbranched alkanes of at least 4 members (excludes halogenated alkanes) is 1. The van der Waals surface area contributed by atoms with E-state index in [1.165, 1.54) is 29.8 Å². The average Bonchev–Trinajstić information content (AvgIpc) is 2.50. The lowest BCUT2D eigenvalue weighted by Gasteiger charge is -2.25. The molecule has 0 aliphatic rings. The zero-order valence-electron chi connectivity index (χ0n) is 12.6. The second kappa shape index (κ2) is 6.99. The van der Waals surface area contributed by atoms with E-state index in [0.717, 1.165) is 12.3 Å². The molecule has 0 aliphatic carbocycles. The van der Waals surface area contributed by atoms with Gasteiger partial charge in [0.25, 0.3) is 0 Å². The third-order valence-corrected chi connectivity index (χ3v) is 3.47. The second-order valence-corrected chi connectivity index (χ2v) is 5.04. The molecule has 0 N–H and O–H groups in total. The van der Waals surface area contributed by atoms with Gasteiger partial charge in [0.1, 0.15) is 5.75 Å². The maximum absolute atomic E-state index is 5.23. The van der Waals surface area contributed by atoms with Crippen molar-refractivity contribution in [1.82, 2.24) is 0 Å². The Bertz CT molecular complexity index is 516. The van der Waals surface area contributed by atoms with E-state index in [9.17, 15) is 0 Å². The third kappa shape index (κ3) is 3.53. The van der Waals surface area contributed by atoms with E-state index in [2.05, 4.69) is 55.1 Å². The molecule has 2 rings (SSSR count). The minimum absolute atomic E-state index is 0.896. The summed E-state index contributed by atoms with van der Waals surface area (Å²) in [5.74, 6) is 0.896. The van der Waals surface area contributed by atoms with Crippen molar-refractivity contribution in [2.45, 2.75) is 26.7 Å². The van der Waals surface area contributed by atoms with Gasteiger partial charge in [-0.1, -0.05) is 31.0 Å². The molecule has 0 radical (unpaired) electrons. The van der Waals surface area contributed by atoms with Gasteiger partial charge in [0.2, 0.25) is 0 Å². The van der Waals surface area contributed by atoms with Crippen molar-refractivity contribution in [1.29, 1.82) is 0 Å². The molecule has 106 valence electrons. The van der Waals surface area contributed by atoms with Crippen molar-refractivity contribution in [3.8, 4) is 5.75 Å². The van der Waals surface area contributed by atoms with Crippen LogP contribution in [-0.2, 0) is 0 Å². The summed E-state index contributed by atoms with van der Waals surface area (Å²) in [6.45, 7) is 5.38. The lowest BCUT2D eigenvalue weighted by Crippen LogP contribution is -2.18. The Labute approximate surface area is 122 Å². The summed E-state index contributed by atoms with van der Waals surface area (Å²) in [6, 6.07) is 17.0. The van der Waals surface area contributed by atoms with Gasteiger partial charge >= 0.3 is 0 Å². The highest BCUT2D eigenvalue weighted by Gasteiger charge is 2.08. The second-order valence-electron chi connectivity index (χ2n) is 5.04. The van der Waals surface area contributed by atoms with Gasteiger partial charge < -0.3 is 9.64 Å². The summed E-state index contributed by atoms with van der Waals surface area (Å²) >= 11 is 0. The molecular formula is C18H23NO. The molecule has 0 fully saturated rings. The van der Waals surface area contributed by atoms with Gasteiger partial charge in [-0.25, -0.2) is 0 Å². The molecule has 20 heavy (non-hydrogen) atoms. The van der Waals surface area contributed by atoms with Gasteiger partial charge in [0, 0.05) is 17.9 Å². The molecule has 2 heteroatoms. The predicted molar refractivity (Wildman–Crippen MR) is 86.1 cm³/mol. The van der Waals surface area contributed by atoms with Crippen LogP contribution < -0.4 is 9.64 Å². The van der Waals surface area contributed by atoms with Crippen LogP contribution in [0.4, 0.5) is 11.4 Å². The fraction of sp³-hybridized carbons (Fsp3) is 0.333. The zero-order valence-corrected chi connectivity index (χ0v) is 12.6. The molecule has 0 saturated carbocycles. The first-order valence-corrected chi connectivity index (χ1v) is 7.23. The fourth-order valence-electron chi connectivity index (χ4n) is 2.21. The molecule has 0 amide bonds. The molecular weight excluding hydrogens is 246 g/mol. The van der Waals surface area contributed by atoms with E-state index in [0.29, 0.717) is 0 Å². The third-order valence-electron chi connectivity index (χ3n) is 3.47. The summed E-state index contributed by atoms with van der Waals surface area (Å²) < 4.78 is 5.23. The van der Waals surface area contributed by atoms with E-state index in [4.69, 9.17) is 4.74 Å². The molecule has 0 saturated heterocycles. The molecule has 2 nitrogen and oxygen atoms in total. The van der Waals surface area contributed by atoms with Gasteiger partial charge in [-0.3, -0.25) is 0 Å². The van der Waals surface area contributed by atoms with Crippen LogP contribution in [0.15, 0.2) is 48.5 Å². The van der Waals surface area contributed by atoms with Crippen LogP contribution >= 0.6 is 0 Å². The highest BCUT2D eigenvalue weighted by atomic mass is 16.5. The van der Waals surface area contributed by atoms with Gasteiger partial charge in [-0.15, -0.1) is 0 Å². The van der Waals surface area contributed by atoms with Crippen LogP contribution in [0.3, 0.4) is 0 Å². The summed E-state index contributed by atoms with van der Waals surface area (Å²) in [5, 5.41) is 0. The summed E-state index contributed by atoms with van der Waals surface area (Å²) in [5.41, 5.74) is 3.75. The lowest BCUT2D eigenvalue weighted by molar-refractivity contribution is 0.415. The molecule has 0 aromatic heterocycles. The maximum atomic E-state index is 5.23. The molecule has 2 aromatic rings. The first kappa shape index (κ1) is 14.4. The van der Waals surface area contributed by atoms with Gasteiger partial charge in [-0.05, 0) is 49.7 Å². The number of benzene rings is 2. The number of hydrogen-bond donors (Lipinski definition) is 0. The Balaban J connectivity index is 2.27. The van der Waals surface area contributed by atoms with Crippen molar-refractivity contribution in [3.05, 3.63) is 54.1 Å². The summed E-state index contributed by atoms with van der Waals surface area (Å²) in [6.07, 6.45) is 2.37. The number of rotatable bonds is 6. The van der Waals surface area contributed by atoms with E-state index in [-0.39, 0.29) is 0 Å². The quantitative estimate of drug-likeness (QED) is 0.736. The predicted octanol–water partition coefficient (Wildman–Crippen LogP) is 4.94. The van der Waals surface area contributed by atoms with E-state index in [1.54, 1.807) is 7.11 Å². The number of anilines is 2. The highest BCUT2D eigenvalue weighted by Crippen LogP contribution is 2.27. The smallest absolute Gasteiger partial charge is 0.119 e. The topological polar surface area (TPSA) is 12.5 Å². The highest BCUT2D eigenvalue weighted by molar-refractivity contribution is 5.64. The molecule has 0 aliphatic heterocycles. The first-order valence-electron chi connectivity index (χ1n) is 7.23. The number of methoxy groups -OCH3 is 1. The number of nitrogens with zero attached hydrogens (tertiary/aromatic N) is 1. The van der Waals surface area contributed by atoms with Crippen molar-refractivity contribution in [3.63, 3.8) is 0 Å². The largest absolute Gasteiger partial charge is 0.497 e. The van der Waals surface area contributed by atoms with Crippen molar-refractivity contribution in [2.24, 2.45) is 0 Å². The molecule has 0 heterocycles. The van der Waals surface area contributed by atoms with Crippen LogP contribution in [0.25, 0.3) is 0 Å². The Morgan fingerprint density at radius 1 is 0.900 bits per heavy atom. The number of aryl methyl sites for hydroxylation is 1. The number of ether oxygens (including phenoxy) is 1. The summed E-state index contributed by atoms with van der Waals surface area (Å²) in [4.78, 5) is 2.36. The van der Waals surface area contributed by atoms with E-state index < -0.39 is 0 Å². The monoisotopic (exact) mass is 269 g/mol. The first-order chi connectivity index (χ1) is 9.74.